The minimum Gasteiger partial charge on any atom is -0.492 e. The molecule has 28 heavy (non-hydrogen) atoms. The molecule has 0 saturated heterocycles. The highest BCUT2D eigenvalue weighted by molar-refractivity contribution is 7.89. The standard InChI is InChI=1S/C20H18ClNO5S/c1-26-20(23)15-9-10-17(21)19(13-15)28(24,25)22-11-12-27-18-8-4-6-14-5-2-3-7-16(14)18/h2-10,13,22H,11-12H2,1H3. The predicted octanol–water partition coefficient (Wildman–Crippen LogP) is 3.64. The van der Waals surface area contributed by atoms with Crippen molar-refractivity contribution in [1.82, 2.24) is 4.72 Å². The van der Waals surface area contributed by atoms with Gasteiger partial charge in [0, 0.05) is 11.9 Å². The number of hydrogen-bond acceptors (Lipinski definition) is 5. The molecule has 0 radical (unpaired) electrons. The molecule has 1 N–H and O–H groups in total. The fourth-order valence-corrected chi connectivity index (χ4v) is 4.23. The largest absolute Gasteiger partial charge is 0.492 e. The summed E-state index contributed by atoms with van der Waals surface area (Å²) >= 11 is 6.00. The molecular formula is C20H18ClNO5S. The lowest BCUT2D eigenvalue weighted by Crippen LogP contribution is -2.28. The van der Waals surface area contributed by atoms with Crippen LogP contribution < -0.4 is 9.46 Å². The van der Waals surface area contributed by atoms with Crippen LogP contribution >= 0.6 is 11.6 Å². The third-order valence-corrected chi connectivity index (χ3v) is 5.99. The molecule has 0 unspecified atom stereocenters. The molecule has 0 aliphatic rings. The number of halogens is 1. The topological polar surface area (TPSA) is 81.7 Å². The van der Waals surface area contributed by atoms with Gasteiger partial charge in [0.25, 0.3) is 0 Å². The first kappa shape index (κ1) is 20.1. The number of rotatable bonds is 7. The third-order valence-electron chi connectivity index (χ3n) is 4.04. The van der Waals surface area contributed by atoms with Crippen molar-refractivity contribution in [3.05, 3.63) is 71.2 Å². The van der Waals surface area contributed by atoms with E-state index in [4.69, 9.17) is 16.3 Å². The summed E-state index contributed by atoms with van der Waals surface area (Å²) in [6.07, 6.45) is 0. The smallest absolute Gasteiger partial charge is 0.337 e. The van der Waals surface area contributed by atoms with E-state index in [1.807, 2.05) is 42.5 Å². The first-order chi connectivity index (χ1) is 13.4. The van der Waals surface area contributed by atoms with Crippen LogP contribution in [0.4, 0.5) is 0 Å². The Morgan fingerprint density at radius 2 is 1.82 bits per heavy atom. The van der Waals surface area contributed by atoms with Crippen molar-refractivity contribution >= 4 is 38.4 Å². The molecule has 3 aromatic carbocycles. The normalized spacial score (nSPS) is 11.4. The Morgan fingerprint density at radius 3 is 2.61 bits per heavy atom. The molecule has 0 heterocycles. The van der Waals surface area contributed by atoms with Crippen molar-refractivity contribution in [3.8, 4) is 5.75 Å². The maximum absolute atomic E-state index is 12.5. The molecule has 0 amide bonds. The molecule has 0 bridgehead atoms. The van der Waals surface area contributed by atoms with Gasteiger partial charge in [0.1, 0.15) is 17.3 Å². The van der Waals surface area contributed by atoms with Gasteiger partial charge in [0.05, 0.1) is 17.7 Å². The molecule has 0 aromatic heterocycles. The lowest BCUT2D eigenvalue weighted by molar-refractivity contribution is 0.0600. The van der Waals surface area contributed by atoms with E-state index >= 15 is 0 Å². The van der Waals surface area contributed by atoms with Crippen LogP contribution in [0.1, 0.15) is 10.4 Å². The lowest BCUT2D eigenvalue weighted by Gasteiger charge is -2.12. The van der Waals surface area contributed by atoms with Crippen LogP contribution in [0.15, 0.2) is 65.6 Å². The fraction of sp³-hybridized carbons (Fsp3) is 0.150. The predicted molar refractivity (Wildman–Crippen MR) is 107 cm³/mol. The highest BCUT2D eigenvalue weighted by Gasteiger charge is 2.20. The number of hydrogen-bond donors (Lipinski definition) is 1. The van der Waals surface area contributed by atoms with Crippen LogP contribution in [0.25, 0.3) is 10.8 Å². The van der Waals surface area contributed by atoms with E-state index in [9.17, 15) is 13.2 Å². The number of ether oxygens (including phenoxy) is 2. The summed E-state index contributed by atoms with van der Waals surface area (Å²) < 4.78 is 37.8. The van der Waals surface area contributed by atoms with E-state index < -0.39 is 16.0 Å². The molecule has 3 rings (SSSR count). The van der Waals surface area contributed by atoms with E-state index in [2.05, 4.69) is 9.46 Å². The first-order valence-corrected chi connectivity index (χ1v) is 10.3. The number of esters is 1. The zero-order chi connectivity index (χ0) is 20.1. The average Bonchev–Trinajstić information content (AvgIpc) is 2.71. The van der Waals surface area contributed by atoms with Gasteiger partial charge in [-0.2, -0.15) is 0 Å². The molecule has 146 valence electrons. The minimum absolute atomic E-state index is 0.00937. The average molecular weight is 420 g/mol. The molecule has 0 fully saturated rings. The lowest BCUT2D eigenvalue weighted by atomic mass is 10.1. The van der Waals surface area contributed by atoms with Crippen LogP contribution in [0.2, 0.25) is 5.02 Å². The summed E-state index contributed by atoms with van der Waals surface area (Å²) in [4.78, 5) is 11.4. The SMILES string of the molecule is COC(=O)c1ccc(Cl)c(S(=O)(=O)NCCOc2cccc3ccccc23)c1. The molecule has 0 saturated carbocycles. The summed E-state index contributed by atoms with van der Waals surface area (Å²) in [6.45, 7) is 0.159. The Bertz CT molecular complexity index is 1110. The van der Waals surface area contributed by atoms with E-state index in [0.717, 1.165) is 10.8 Å². The summed E-state index contributed by atoms with van der Waals surface area (Å²) in [6, 6.07) is 17.4. The summed E-state index contributed by atoms with van der Waals surface area (Å²) in [7, 11) is -2.71. The quantitative estimate of drug-likeness (QED) is 0.467. The molecule has 3 aromatic rings. The monoisotopic (exact) mass is 419 g/mol. The molecular weight excluding hydrogens is 402 g/mol. The Labute approximate surface area is 168 Å². The molecule has 6 nitrogen and oxygen atoms in total. The number of sulfonamides is 1. The van der Waals surface area contributed by atoms with Gasteiger partial charge in [-0.1, -0.05) is 48.0 Å². The van der Waals surface area contributed by atoms with Gasteiger partial charge in [0.15, 0.2) is 0 Å². The van der Waals surface area contributed by atoms with Gasteiger partial charge < -0.3 is 9.47 Å². The highest BCUT2D eigenvalue weighted by atomic mass is 35.5. The summed E-state index contributed by atoms with van der Waals surface area (Å²) in [5.41, 5.74) is 0.0966. The van der Waals surface area contributed by atoms with Gasteiger partial charge in [-0.3, -0.25) is 0 Å². The van der Waals surface area contributed by atoms with Crippen LogP contribution in [-0.4, -0.2) is 34.6 Å². The van der Waals surface area contributed by atoms with Crippen LogP contribution in [0, 0.1) is 0 Å². The van der Waals surface area contributed by atoms with E-state index in [1.54, 1.807) is 0 Å². The van der Waals surface area contributed by atoms with Gasteiger partial charge in [0.2, 0.25) is 10.0 Å². The van der Waals surface area contributed by atoms with Crippen LogP contribution in [-0.2, 0) is 14.8 Å². The van der Waals surface area contributed by atoms with E-state index in [0.29, 0.717) is 5.75 Å². The first-order valence-electron chi connectivity index (χ1n) is 8.40. The van der Waals surface area contributed by atoms with Gasteiger partial charge in [-0.15, -0.1) is 0 Å². The molecule has 0 aliphatic heterocycles. The molecule has 0 atom stereocenters. The second-order valence-corrected chi connectivity index (χ2v) is 8.00. The maximum Gasteiger partial charge on any atom is 0.337 e. The zero-order valence-electron chi connectivity index (χ0n) is 15.0. The Morgan fingerprint density at radius 1 is 1.07 bits per heavy atom. The number of carbonyl (C=O) groups excluding carboxylic acids is 1. The second kappa shape index (κ2) is 8.60. The van der Waals surface area contributed by atoms with Gasteiger partial charge in [-0.05, 0) is 29.7 Å². The third kappa shape index (κ3) is 4.44. The van der Waals surface area contributed by atoms with Crippen LogP contribution in [0.3, 0.4) is 0 Å². The number of fused-ring (bicyclic) bond motifs is 1. The van der Waals surface area contributed by atoms with Crippen molar-refractivity contribution < 1.29 is 22.7 Å². The Balaban J connectivity index is 1.68. The number of carbonyl (C=O) groups is 1. The van der Waals surface area contributed by atoms with Crippen molar-refractivity contribution in [2.45, 2.75) is 4.90 Å². The maximum atomic E-state index is 12.5. The fourth-order valence-electron chi connectivity index (χ4n) is 2.69. The molecule has 8 heteroatoms. The molecule has 0 spiro atoms. The Kier molecular flexibility index (Phi) is 6.18. The van der Waals surface area contributed by atoms with Gasteiger partial charge in [-0.25, -0.2) is 17.9 Å². The second-order valence-electron chi connectivity index (χ2n) is 5.86. The van der Waals surface area contributed by atoms with Crippen molar-refractivity contribution in [2.24, 2.45) is 0 Å². The summed E-state index contributed by atoms with van der Waals surface area (Å²) in [5, 5.41) is 1.99. The molecule has 0 aliphatic carbocycles. The minimum atomic E-state index is -3.92. The van der Waals surface area contributed by atoms with E-state index in [1.165, 1.54) is 25.3 Å². The van der Waals surface area contributed by atoms with Crippen LogP contribution in [0.5, 0.6) is 5.75 Å². The highest BCUT2D eigenvalue weighted by Crippen LogP contribution is 2.25. The van der Waals surface area contributed by atoms with Crippen molar-refractivity contribution in [3.63, 3.8) is 0 Å². The van der Waals surface area contributed by atoms with Crippen molar-refractivity contribution in [1.29, 1.82) is 0 Å². The zero-order valence-corrected chi connectivity index (χ0v) is 16.6. The van der Waals surface area contributed by atoms with Gasteiger partial charge >= 0.3 is 5.97 Å². The van der Waals surface area contributed by atoms with Crippen molar-refractivity contribution in [2.75, 3.05) is 20.3 Å². The van der Waals surface area contributed by atoms with E-state index in [-0.39, 0.29) is 28.6 Å². The Hall–Kier alpha value is -2.61. The number of nitrogens with one attached hydrogen (secondary N) is 1. The number of benzene rings is 3. The number of methoxy groups -OCH3 is 1. The summed E-state index contributed by atoms with van der Waals surface area (Å²) in [5.74, 6) is 0.0235.